The van der Waals surface area contributed by atoms with E-state index in [0.717, 1.165) is 0 Å². The molecule has 1 aromatic carbocycles. The summed E-state index contributed by atoms with van der Waals surface area (Å²) in [7, 11) is 0. The quantitative estimate of drug-likeness (QED) is 0.817. The van der Waals surface area contributed by atoms with Gasteiger partial charge in [-0.25, -0.2) is 0 Å². The van der Waals surface area contributed by atoms with Gasteiger partial charge in [0.15, 0.2) is 0 Å². The van der Waals surface area contributed by atoms with Crippen molar-refractivity contribution in [2.45, 2.75) is 38.2 Å². The van der Waals surface area contributed by atoms with Crippen molar-refractivity contribution in [3.05, 3.63) is 59.7 Å². The van der Waals surface area contributed by atoms with Crippen LogP contribution in [0.5, 0.6) is 0 Å². The number of hydrogen-bond acceptors (Lipinski definition) is 1. The smallest absolute Gasteiger partial charge is 0.0905 e. The molecule has 1 N–H and O–H groups in total. The van der Waals surface area contributed by atoms with Crippen LogP contribution in [0.2, 0.25) is 0 Å². The van der Waals surface area contributed by atoms with Crippen LogP contribution in [0.4, 0.5) is 0 Å². The first-order valence-corrected chi connectivity index (χ1v) is 6.19. The van der Waals surface area contributed by atoms with Crippen LogP contribution in [0.25, 0.3) is 0 Å². The minimum atomic E-state index is -0.784. The highest BCUT2D eigenvalue weighted by molar-refractivity contribution is 5.36. The number of benzene rings is 1. The molecular weight excluding hydrogens is 208 g/mol. The van der Waals surface area contributed by atoms with Crippen LogP contribution in [0, 0.1) is 0 Å². The maximum Gasteiger partial charge on any atom is 0.0905 e. The lowest BCUT2D eigenvalue weighted by Crippen LogP contribution is -2.30. The van der Waals surface area contributed by atoms with Crippen molar-refractivity contribution in [3.63, 3.8) is 0 Å². The van der Waals surface area contributed by atoms with Gasteiger partial charge in [0, 0.05) is 5.92 Å². The number of aliphatic hydroxyl groups is 1. The van der Waals surface area contributed by atoms with Crippen molar-refractivity contribution in [1.82, 2.24) is 0 Å². The summed E-state index contributed by atoms with van der Waals surface area (Å²) in [6, 6.07) is 8.56. The van der Waals surface area contributed by atoms with Gasteiger partial charge in [-0.15, -0.1) is 0 Å². The molecule has 0 fully saturated rings. The Morgan fingerprint density at radius 1 is 1.12 bits per heavy atom. The van der Waals surface area contributed by atoms with E-state index in [1.54, 1.807) is 0 Å². The second kappa shape index (κ2) is 4.50. The Bertz CT molecular complexity index is 435. The van der Waals surface area contributed by atoms with Gasteiger partial charge in [0.1, 0.15) is 0 Å². The zero-order chi connectivity index (χ0) is 12.5. The number of rotatable bonds is 2. The summed E-state index contributed by atoms with van der Waals surface area (Å²) in [5.74, 6) is 0.597. The molecule has 1 aliphatic rings. The van der Waals surface area contributed by atoms with E-state index < -0.39 is 5.60 Å². The molecule has 90 valence electrons. The second-order valence-electron chi connectivity index (χ2n) is 5.27. The third kappa shape index (κ3) is 2.50. The first-order chi connectivity index (χ1) is 8.00. The highest BCUT2D eigenvalue weighted by Gasteiger charge is 2.29. The molecule has 0 radical (unpaired) electrons. The minimum absolute atomic E-state index is 0.0497. The predicted octanol–water partition coefficient (Wildman–Crippen LogP) is 3.77. The van der Waals surface area contributed by atoms with Gasteiger partial charge >= 0.3 is 0 Å². The van der Waals surface area contributed by atoms with Crippen LogP contribution in [-0.2, 0) is 0 Å². The van der Waals surface area contributed by atoms with E-state index in [0.29, 0.717) is 5.92 Å². The van der Waals surface area contributed by atoms with E-state index in [4.69, 9.17) is 0 Å². The highest BCUT2D eigenvalue weighted by Crippen LogP contribution is 2.33. The maximum atomic E-state index is 10.3. The topological polar surface area (TPSA) is 20.2 Å². The Labute approximate surface area is 103 Å². The Hall–Kier alpha value is -1.34. The Kier molecular flexibility index (Phi) is 3.21. The Balaban J connectivity index is 2.29. The van der Waals surface area contributed by atoms with Crippen LogP contribution in [-0.4, -0.2) is 10.7 Å². The number of hydrogen-bond donors (Lipinski definition) is 1. The molecule has 0 heterocycles. The molecule has 0 saturated carbocycles. The summed E-state index contributed by atoms with van der Waals surface area (Å²) in [4.78, 5) is 0. The van der Waals surface area contributed by atoms with Gasteiger partial charge in [0.25, 0.3) is 0 Å². The van der Waals surface area contributed by atoms with E-state index in [9.17, 15) is 5.11 Å². The first kappa shape index (κ1) is 12.1. The molecule has 2 atom stereocenters. The van der Waals surface area contributed by atoms with Gasteiger partial charge in [-0.2, -0.15) is 0 Å². The minimum Gasteiger partial charge on any atom is -0.385 e. The summed E-state index contributed by atoms with van der Waals surface area (Å²) in [6.45, 7) is 6.23. The van der Waals surface area contributed by atoms with Crippen LogP contribution in [0.1, 0.15) is 43.7 Å². The normalized spacial score (nSPS) is 27.7. The molecule has 0 aliphatic heterocycles. The molecule has 2 rings (SSSR count). The summed E-state index contributed by atoms with van der Waals surface area (Å²) in [6.07, 6.45) is 7.82. The zero-order valence-corrected chi connectivity index (χ0v) is 10.7. The van der Waals surface area contributed by atoms with Gasteiger partial charge in [0.2, 0.25) is 0 Å². The molecule has 1 heteroatoms. The third-order valence-electron chi connectivity index (χ3n) is 3.44. The molecule has 0 amide bonds. The van der Waals surface area contributed by atoms with E-state index in [1.807, 2.05) is 25.2 Å². The van der Waals surface area contributed by atoms with Gasteiger partial charge in [-0.3, -0.25) is 0 Å². The molecule has 0 aromatic heterocycles. The van der Waals surface area contributed by atoms with E-state index >= 15 is 0 Å². The van der Waals surface area contributed by atoms with Crippen molar-refractivity contribution < 1.29 is 5.11 Å². The van der Waals surface area contributed by atoms with Crippen LogP contribution >= 0.6 is 0 Å². The van der Waals surface area contributed by atoms with E-state index in [-0.39, 0.29) is 5.92 Å². The zero-order valence-electron chi connectivity index (χ0n) is 10.7. The molecule has 0 saturated heterocycles. The monoisotopic (exact) mass is 228 g/mol. The molecule has 0 spiro atoms. The van der Waals surface area contributed by atoms with Gasteiger partial charge in [-0.1, -0.05) is 62.4 Å². The number of allylic oxidation sites excluding steroid dienone is 2. The fourth-order valence-electron chi connectivity index (χ4n) is 2.26. The van der Waals surface area contributed by atoms with E-state index in [1.165, 1.54) is 11.1 Å². The first-order valence-electron chi connectivity index (χ1n) is 6.19. The van der Waals surface area contributed by atoms with E-state index in [2.05, 4.69) is 44.2 Å². The van der Waals surface area contributed by atoms with Gasteiger partial charge < -0.3 is 5.11 Å². The summed E-state index contributed by atoms with van der Waals surface area (Å²) < 4.78 is 0. The average Bonchev–Trinajstić information content (AvgIpc) is 2.28. The Morgan fingerprint density at radius 2 is 1.76 bits per heavy atom. The summed E-state index contributed by atoms with van der Waals surface area (Å²) >= 11 is 0. The molecule has 2 unspecified atom stereocenters. The SMILES string of the molecule is CC(C)c1ccc(C2C=CC=CC2(C)O)cc1. The van der Waals surface area contributed by atoms with Crippen molar-refractivity contribution in [2.75, 3.05) is 0 Å². The average molecular weight is 228 g/mol. The van der Waals surface area contributed by atoms with Crippen molar-refractivity contribution in [2.24, 2.45) is 0 Å². The Morgan fingerprint density at radius 3 is 2.29 bits per heavy atom. The lowest BCUT2D eigenvalue weighted by molar-refractivity contribution is 0.0945. The molecule has 17 heavy (non-hydrogen) atoms. The molecule has 0 bridgehead atoms. The van der Waals surface area contributed by atoms with Crippen molar-refractivity contribution in [3.8, 4) is 0 Å². The van der Waals surface area contributed by atoms with Gasteiger partial charge in [-0.05, 0) is 24.0 Å². The fourth-order valence-corrected chi connectivity index (χ4v) is 2.26. The fraction of sp³-hybridized carbons (Fsp3) is 0.375. The largest absolute Gasteiger partial charge is 0.385 e. The van der Waals surface area contributed by atoms with Crippen LogP contribution in [0.15, 0.2) is 48.6 Å². The van der Waals surface area contributed by atoms with Crippen LogP contribution < -0.4 is 0 Å². The standard InChI is InChI=1S/C16H20O/c1-12(2)13-7-9-14(10-8-13)15-6-4-5-11-16(15,3)17/h4-12,15,17H,1-3H3. The molecule has 1 nitrogen and oxygen atoms in total. The third-order valence-corrected chi connectivity index (χ3v) is 3.44. The molecule has 1 aromatic rings. The van der Waals surface area contributed by atoms with Crippen LogP contribution in [0.3, 0.4) is 0 Å². The predicted molar refractivity (Wildman–Crippen MR) is 72.2 cm³/mol. The summed E-state index contributed by atoms with van der Waals surface area (Å²) in [5.41, 5.74) is 1.72. The van der Waals surface area contributed by atoms with Crippen molar-refractivity contribution >= 4 is 0 Å². The summed E-state index contributed by atoms with van der Waals surface area (Å²) in [5, 5.41) is 10.3. The lowest BCUT2D eigenvalue weighted by atomic mass is 9.80. The van der Waals surface area contributed by atoms with Crippen molar-refractivity contribution in [1.29, 1.82) is 0 Å². The molecular formula is C16H20O. The maximum absolute atomic E-state index is 10.3. The second-order valence-corrected chi connectivity index (χ2v) is 5.27. The lowest BCUT2D eigenvalue weighted by Gasteiger charge is -2.30. The van der Waals surface area contributed by atoms with Gasteiger partial charge in [0.05, 0.1) is 5.60 Å². The molecule has 1 aliphatic carbocycles. The highest BCUT2D eigenvalue weighted by atomic mass is 16.3.